The molecule has 11 heteroatoms. The third kappa shape index (κ3) is 4.14. The van der Waals surface area contributed by atoms with Gasteiger partial charge in [0.25, 0.3) is 0 Å². The number of amides is 1. The zero-order valence-corrected chi connectivity index (χ0v) is 15.4. The Morgan fingerprint density at radius 2 is 2.27 bits per heavy atom. The van der Waals surface area contributed by atoms with Crippen LogP contribution in [0.5, 0.6) is 0 Å². The molecular formula is C15H16ClN7O2S. The van der Waals surface area contributed by atoms with E-state index in [9.17, 15) is 9.59 Å². The summed E-state index contributed by atoms with van der Waals surface area (Å²) in [6.45, 7) is 2.51. The number of carbonyl (C=O) groups is 1. The number of benzene rings is 1. The van der Waals surface area contributed by atoms with Crippen LogP contribution in [0.25, 0.3) is 5.69 Å². The normalized spacial score (nSPS) is 10.8. The number of thioether (sulfide) groups is 1. The highest BCUT2D eigenvalue weighted by Crippen LogP contribution is 2.24. The SMILES string of the molecule is CCCn1c(SCC(=O)Nc2cc(Cl)ccc2-n2cncn2)n[nH]c1=O. The lowest BCUT2D eigenvalue weighted by atomic mass is 10.2. The average molecular weight is 394 g/mol. The lowest BCUT2D eigenvalue weighted by molar-refractivity contribution is -0.113. The van der Waals surface area contributed by atoms with E-state index in [1.807, 2.05) is 6.92 Å². The van der Waals surface area contributed by atoms with Crippen molar-refractivity contribution in [2.24, 2.45) is 0 Å². The Hall–Kier alpha value is -2.59. The molecule has 0 fully saturated rings. The Morgan fingerprint density at radius 1 is 1.42 bits per heavy atom. The number of halogens is 1. The third-order valence-electron chi connectivity index (χ3n) is 3.40. The number of carbonyl (C=O) groups excluding carboxylic acids is 1. The monoisotopic (exact) mass is 393 g/mol. The van der Waals surface area contributed by atoms with Crippen molar-refractivity contribution in [1.82, 2.24) is 29.5 Å². The highest BCUT2D eigenvalue weighted by Gasteiger charge is 2.13. The lowest BCUT2D eigenvalue weighted by Gasteiger charge is -2.11. The number of anilines is 1. The van der Waals surface area contributed by atoms with Crippen LogP contribution in [-0.4, -0.2) is 41.2 Å². The first-order valence-corrected chi connectivity index (χ1v) is 9.17. The smallest absolute Gasteiger partial charge is 0.323 e. The van der Waals surface area contributed by atoms with Crippen LogP contribution in [-0.2, 0) is 11.3 Å². The van der Waals surface area contributed by atoms with E-state index >= 15 is 0 Å². The minimum Gasteiger partial charge on any atom is -0.323 e. The van der Waals surface area contributed by atoms with E-state index < -0.39 is 0 Å². The van der Waals surface area contributed by atoms with E-state index in [0.717, 1.165) is 6.42 Å². The molecule has 0 bridgehead atoms. The predicted octanol–water partition coefficient (Wildman–Crippen LogP) is 1.95. The first-order chi connectivity index (χ1) is 12.6. The Morgan fingerprint density at radius 3 is 3.00 bits per heavy atom. The molecule has 0 spiro atoms. The molecular weight excluding hydrogens is 378 g/mol. The second-order valence-corrected chi connectivity index (χ2v) is 6.68. The summed E-state index contributed by atoms with van der Waals surface area (Å²) in [4.78, 5) is 27.9. The van der Waals surface area contributed by atoms with Gasteiger partial charge in [0, 0.05) is 11.6 Å². The maximum atomic E-state index is 12.3. The van der Waals surface area contributed by atoms with Crippen molar-refractivity contribution in [2.75, 3.05) is 11.1 Å². The van der Waals surface area contributed by atoms with E-state index in [0.29, 0.717) is 28.1 Å². The minimum absolute atomic E-state index is 0.0946. The van der Waals surface area contributed by atoms with Crippen LogP contribution < -0.4 is 11.0 Å². The summed E-state index contributed by atoms with van der Waals surface area (Å²) < 4.78 is 3.05. The molecule has 3 aromatic rings. The number of rotatable bonds is 7. The Kier molecular flexibility index (Phi) is 5.74. The molecule has 1 amide bonds. The van der Waals surface area contributed by atoms with Gasteiger partial charge in [0.05, 0.1) is 17.1 Å². The molecule has 2 N–H and O–H groups in total. The number of nitrogens with one attached hydrogen (secondary N) is 2. The summed E-state index contributed by atoms with van der Waals surface area (Å²) in [5.41, 5.74) is 0.882. The van der Waals surface area contributed by atoms with Crippen molar-refractivity contribution < 1.29 is 4.79 Å². The van der Waals surface area contributed by atoms with Crippen LogP contribution in [0.3, 0.4) is 0 Å². The van der Waals surface area contributed by atoms with Gasteiger partial charge >= 0.3 is 5.69 Å². The summed E-state index contributed by atoms with van der Waals surface area (Å²) in [5, 5.41) is 14.2. The van der Waals surface area contributed by atoms with Gasteiger partial charge in [-0.25, -0.2) is 19.6 Å². The van der Waals surface area contributed by atoms with Gasteiger partial charge in [-0.1, -0.05) is 30.3 Å². The fourth-order valence-electron chi connectivity index (χ4n) is 2.29. The third-order valence-corrected chi connectivity index (χ3v) is 4.61. The van der Waals surface area contributed by atoms with Gasteiger partial charge in [0.2, 0.25) is 5.91 Å². The van der Waals surface area contributed by atoms with Crippen molar-refractivity contribution >= 4 is 35.0 Å². The molecule has 0 unspecified atom stereocenters. The van der Waals surface area contributed by atoms with Crippen molar-refractivity contribution in [3.8, 4) is 5.69 Å². The first kappa shape index (κ1) is 18.2. The van der Waals surface area contributed by atoms with Crippen molar-refractivity contribution in [1.29, 1.82) is 0 Å². The molecule has 0 radical (unpaired) electrons. The molecule has 0 aliphatic rings. The van der Waals surface area contributed by atoms with Gasteiger partial charge in [-0.05, 0) is 24.6 Å². The molecule has 136 valence electrons. The molecule has 1 aromatic carbocycles. The van der Waals surface area contributed by atoms with Crippen LogP contribution in [0.4, 0.5) is 5.69 Å². The Bertz CT molecular complexity index is 951. The molecule has 2 aromatic heterocycles. The average Bonchev–Trinajstić information content (AvgIpc) is 3.25. The van der Waals surface area contributed by atoms with Crippen LogP contribution in [0.2, 0.25) is 5.02 Å². The lowest BCUT2D eigenvalue weighted by Crippen LogP contribution is -2.19. The van der Waals surface area contributed by atoms with Gasteiger partial charge in [0.15, 0.2) is 5.16 Å². The van der Waals surface area contributed by atoms with Crippen molar-refractivity contribution in [3.05, 3.63) is 46.4 Å². The molecule has 3 rings (SSSR count). The number of H-pyrrole nitrogens is 1. The number of hydrogen-bond acceptors (Lipinski definition) is 6. The summed E-state index contributed by atoms with van der Waals surface area (Å²) in [5.74, 6) is -0.158. The van der Waals surface area contributed by atoms with Crippen molar-refractivity contribution in [3.63, 3.8) is 0 Å². The summed E-state index contributed by atoms with van der Waals surface area (Å²) in [6.07, 6.45) is 3.73. The first-order valence-electron chi connectivity index (χ1n) is 7.81. The largest absolute Gasteiger partial charge is 0.343 e. The minimum atomic E-state index is -0.280. The quantitative estimate of drug-likeness (QED) is 0.593. The van der Waals surface area contributed by atoms with Gasteiger partial charge in [-0.3, -0.25) is 9.36 Å². The van der Waals surface area contributed by atoms with Crippen LogP contribution in [0.1, 0.15) is 13.3 Å². The zero-order valence-electron chi connectivity index (χ0n) is 13.8. The fraction of sp³-hybridized carbons (Fsp3) is 0.267. The predicted molar refractivity (Wildman–Crippen MR) is 98.9 cm³/mol. The molecule has 0 aliphatic carbocycles. The van der Waals surface area contributed by atoms with Gasteiger partial charge in [-0.2, -0.15) is 5.10 Å². The van der Waals surface area contributed by atoms with Crippen LogP contribution in [0.15, 0.2) is 40.8 Å². The van der Waals surface area contributed by atoms with E-state index in [1.165, 1.54) is 33.7 Å². The zero-order chi connectivity index (χ0) is 18.5. The number of aromatic nitrogens is 6. The molecule has 9 nitrogen and oxygen atoms in total. The van der Waals surface area contributed by atoms with E-state index in [1.54, 1.807) is 18.2 Å². The van der Waals surface area contributed by atoms with Gasteiger partial charge in [0.1, 0.15) is 12.7 Å². The number of hydrogen-bond donors (Lipinski definition) is 2. The summed E-state index contributed by atoms with van der Waals surface area (Å²) in [7, 11) is 0. The number of aromatic amines is 1. The second kappa shape index (κ2) is 8.19. The fourth-order valence-corrected chi connectivity index (χ4v) is 3.24. The highest BCUT2D eigenvalue weighted by atomic mass is 35.5. The van der Waals surface area contributed by atoms with E-state index in [-0.39, 0.29) is 17.3 Å². The molecule has 0 saturated carbocycles. The Labute approximate surface area is 157 Å². The van der Waals surface area contributed by atoms with Crippen LogP contribution >= 0.6 is 23.4 Å². The second-order valence-electron chi connectivity index (χ2n) is 5.30. The molecule has 26 heavy (non-hydrogen) atoms. The highest BCUT2D eigenvalue weighted by molar-refractivity contribution is 7.99. The van der Waals surface area contributed by atoms with Gasteiger partial charge < -0.3 is 5.32 Å². The molecule has 0 saturated heterocycles. The summed E-state index contributed by atoms with van der Waals surface area (Å²) >= 11 is 7.22. The Balaban J connectivity index is 1.71. The summed E-state index contributed by atoms with van der Waals surface area (Å²) in [6, 6.07) is 5.09. The molecule has 0 atom stereocenters. The van der Waals surface area contributed by atoms with Crippen LogP contribution in [0, 0.1) is 0 Å². The van der Waals surface area contributed by atoms with Gasteiger partial charge in [-0.15, -0.1) is 5.10 Å². The van der Waals surface area contributed by atoms with E-state index in [4.69, 9.17) is 11.6 Å². The standard InChI is InChI=1S/C15H16ClN7O2S/c1-2-5-22-14(25)20-21-15(22)26-7-13(24)19-11-6-10(16)3-4-12(11)23-9-17-8-18-23/h3-4,6,8-9H,2,5,7H2,1H3,(H,19,24)(H,20,25). The number of nitrogens with zero attached hydrogens (tertiary/aromatic N) is 5. The maximum absolute atomic E-state index is 12.3. The maximum Gasteiger partial charge on any atom is 0.343 e. The molecule has 0 aliphatic heterocycles. The van der Waals surface area contributed by atoms with Crippen molar-refractivity contribution in [2.45, 2.75) is 25.0 Å². The van der Waals surface area contributed by atoms with E-state index in [2.05, 4.69) is 25.6 Å². The topological polar surface area (TPSA) is 110 Å². The molecule has 2 heterocycles.